The van der Waals surface area contributed by atoms with Crippen molar-refractivity contribution in [2.24, 2.45) is 17.8 Å². The summed E-state index contributed by atoms with van der Waals surface area (Å²) in [4.78, 5) is 24.9. The zero-order valence-corrected chi connectivity index (χ0v) is 22.1. The molecule has 1 amide bonds. The molecule has 0 saturated heterocycles. The lowest BCUT2D eigenvalue weighted by molar-refractivity contribution is -0.197. The van der Waals surface area contributed by atoms with E-state index in [-0.39, 0.29) is 23.3 Å². The number of halogens is 3. The van der Waals surface area contributed by atoms with Gasteiger partial charge in [-0.25, -0.2) is 9.59 Å². The van der Waals surface area contributed by atoms with E-state index in [1.54, 1.807) is 6.07 Å². The number of carbonyl (C=O) groups is 2. The molecule has 3 atom stereocenters. The Hall–Kier alpha value is -2.43. The van der Waals surface area contributed by atoms with Crippen LogP contribution in [0.2, 0.25) is 0 Å². The van der Waals surface area contributed by atoms with Crippen LogP contribution in [0.15, 0.2) is 24.3 Å². The summed E-state index contributed by atoms with van der Waals surface area (Å²) in [6.45, 7) is -0.498. The standard InChI is InChI=1S/C23H28F3NO10S2/c24-23(25,26)18(12-39(33,34)35)37-20(28)15-3-1-2-14(8-15)19-16-6-13-7-17(19)11-22(9-13,10-16)27-21(29)36-4-5-38(30,31)32/h1-3,8,13,16-19H,4-7,9-12H2,(H,27,29)(H,30,31,32)(H,33,34,35). The van der Waals surface area contributed by atoms with Gasteiger partial charge in [-0.1, -0.05) is 12.1 Å². The average Bonchev–Trinajstić information content (AvgIpc) is 2.75. The van der Waals surface area contributed by atoms with Crippen molar-refractivity contribution in [1.82, 2.24) is 5.32 Å². The second kappa shape index (κ2) is 10.5. The molecule has 3 unspecified atom stereocenters. The third kappa shape index (κ3) is 7.41. The summed E-state index contributed by atoms with van der Waals surface area (Å²) in [5, 5.41) is 2.88. The van der Waals surface area contributed by atoms with Gasteiger partial charge in [0.15, 0.2) is 0 Å². The van der Waals surface area contributed by atoms with Crippen LogP contribution in [0, 0.1) is 17.8 Å². The summed E-state index contributed by atoms with van der Waals surface area (Å²) in [5.41, 5.74) is -0.0438. The normalized spacial score (nSPS) is 29.1. The SMILES string of the molecule is O=C(NC12CC3CC(C1)C(c1cccc(C(=O)OC(CS(=O)(=O)O)C(F)(F)F)c1)C(C3)C2)OCCS(=O)(=O)O. The highest BCUT2D eigenvalue weighted by Crippen LogP contribution is 2.61. The van der Waals surface area contributed by atoms with Gasteiger partial charge in [-0.2, -0.15) is 30.0 Å². The Morgan fingerprint density at radius 3 is 2.26 bits per heavy atom. The predicted molar refractivity (Wildman–Crippen MR) is 128 cm³/mol. The Kier molecular flexibility index (Phi) is 7.97. The number of hydrogen-bond donors (Lipinski definition) is 3. The second-order valence-corrected chi connectivity index (χ2v) is 13.7. The molecule has 4 saturated carbocycles. The topological polar surface area (TPSA) is 173 Å². The van der Waals surface area contributed by atoms with Gasteiger partial charge in [-0.3, -0.25) is 9.11 Å². The number of carbonyl (C=O) groups excluding carboxylic acids is 2. The van der Waals surface area contributed by atoms with Crippen molar-refractivity contribution in [3.05, 3.63) is 35.4 Å². The Bertz CT molecular complexity index is 1320. The smallest absolute Gasteiger partial charge is 0.426 e. The summed E-state index contributed by atoms with van der Waals surface area (Å²) in [7, 11) is -9.35. The van der Waals surface area contributed by atoms with Gasteiger partial charge in [0.1, 0.15) is 18.1 Å². The number of ether oxygens (including phenoxy) is 2. The Balaban J connectivity index is 1.46. The van der Waals surface area contributed by atoms with Crippen LogP contribution >= 0.6 is 0 Å². The molecule has 5 rings (SSSR count). The lowest BCUT2D eigenvalue weighted by Crippen LogP contribution is -2.61. The van der Waals surface area contributed by atoms with Crippen LogP contribution in [0.3, 0.4) is 0 Å². The van der Waals surface area contributed by atoms with Crippen LogP contribution in [0.1, 0.15) is 53.9 Å². The maximum Gasteiger partial charge on any atom is 0.426 e. The highest BCUT2D eigenvalue weighted by Gasteiger charge is 2.56. The van der Waals surface area contributed by atoms with Gasteiger partial charge in [0.05, 0.1) is 5.56 Å². The van der Waals surface area contributed by atoms with E-state index >= 15 is 0 Å². The minimum atomic E-state index is -5.21. The minimum Gasteiger partial charge on any atom is -0.448 e. The van der Waals surface area contributed by atoms with Crippen LogP contribution in [0.5, 0.6) is 0 Å². The molecule has 4 bridgehead atoms. The van der Waals surface area contributed by atoms with Gasteiger partial charge in [0.25, 0.3) is 20.2 Å². The molecule has 0 aromatic heterocycles. The third-order valence-corrected chi connectivity index (χ3v) is 9.11. The molecule has 4 aliphatic rings. The predicted octanol–water partition coefficient (Wildman–Crippen LogP) is 2.94. The van der Waals surface area contributed by atoms with Gasteiger partial charge in [-0.05, 0) is 73.5 Å². The molecule has 3 N–H and O–H groups in total. The van der Waals surface area contributed by atoms with Crippen LogP contribution in [0.4, 0.5) is 18.0 Å². The van der Waals surface area contributed by atoms with Crippen molar-refractivity contribution in [2.45, 2.75) is 55.8 Å². The fraction of sp³-hybridized carbons (Fsp3) is 0.652. The zero-order valence-electron chi connectivity index (χ0n) is 20.5. The van der Waals surface area contributed by atoms with E-state index in [0.717, 1.165) is 19.3 Å². The van der Waals surface area contributed by atoms with Crippen LogP contribution < -0.4 is 5.32 Å². The van der Waals surface area contributed by atoms with Gasteiger partial charge >= 0.3 is 18.2 Å². The maximum absolute atomic E-state index is 13.2. The van der Waals surface area contributed by atoms with E-state index in [9.17, 15) is 39.6 Å². The van der Waals surface area contributed by atoms with Gasteiger partial charge in [0, 0.05) is 5.54 Å². The second-order valence-electron chi connectivity index (χ2n) is 10.6. The number of benzene rings is 1. The molecule has 1 aromatic carbocycles. The van der Waals surface area contributed by atoms with Crippen molar-refractivity contribution in [3.8, 4) is 0 Å². The van der Waals surface area contributed by atoms with Gasteiger partial charge < -0.3 is 14.8 Å². The van der Waals surface area contributed by atoms with E-state index in [1.165, 1.54) is 18.2 Å². The van der Waals surface area contributed by atoms with Gasteiger partial charge in [-0.15, -0.1) is 0 Å². The van der Waals surface area contributed by atoms with E-state index in [0.29, 0.717) is 24.3 Å². The quantitative estimate of drug-likeness (QED) is 0.283. The Morgan fingerprint density at radius 1 is 1.05 bits per heavy atom. The number of rotatable bonds is 9. The number of amides is 1. The van der Waals surface area contributed by atoms with E-state index in [4.69, 9.17) is 13.8 Å². The highest BCUT2D eigenvalue weighted by molar-refractivity contribution is 7.86. The fourth-order valence-corrected chi connectivity index (χ4v) is 7.60. The zero-order chi connectivity index (χ0) is 28.8. The van der Waals surface area contributed by atoms with Crippen molar-refractivity contribution in [1.29, 1.82) is 0 Å². The van der Waals surface area contributed by atoms with E-state index in [1.807, 2.05) is 0 Å². The summed E-state index contributed by atoms with van der Waals surface area (Å²) < 4.78 is 110. The number of nitrogens with one attached hydrogen (secondary N) is 1. The molecular weight excluding hydrogens is 571 g/mol. The highest BCUT2D eigenvalue weighted by atomic mass is 32.2. The first-order valence-corrected chi connectivity index (χ1v) is 15.4. The molecule has 1 aromatic rings. The number of hydrogen-bond acceptors (Lipinski definition) is 8. The van der Waals surface area contributed by atoms with E-state index < -0.39 is 68.2 Å². The van der Waals surface area contributed by atoms with Crippen LogP contribution in [0.25, 0.3) is 0 Å². The lowest BCUT2D eigenvalue weighted by Gasteiger charge is -2.60. The first-order valence-electron chi connectivity index (χ1n) is 12.2. The average molecular weight is 600 g/mol. The molecule has 16 heteroatoms. The monoisotopic (exact) mass is 599 g/mol. The van der Waals surface area contributed by atoms with Crippen molar-refractivity contribution >= 4 is 32.3 Å². The van der Waals surface area contributed by atoms with Crippen LogP contribution in [-0.2, 0) is 29.7 Å². The molecular formula is C23H28F3NO10S2. The number of esters is 1. The fourth-order valence-electron chi connectivity index (χ4n) is 6.67. The first kappa shape index (κ1) is 29.6. The first-order chi connectivity index (χ1) is 17.9. The van der Waals surface area contributed by atoms with E-state index in [2.05, 4.69) is 10.1 Å². The number of alkyl halides is 3. The molecule has 0 spiro atoms. The third-order valence-electron chi connectivity index (χ3n) is 7.70. The molecule has 39 heavy (non-hydrogen) atoms. The van der Waals surface area contributed by atoms with Crippen molar-refractivity contribution < 1.29 is 58.2 Å². The lowest BCUT2D eigenvalue weighted by atomic mass is 9.48. The summed E-state index contributed by atoms with van der Waals surface area (Å²) in [6, 6.07) is 5.95. The largest absolute Gasteiger partial charge is 0.448 e. The molecule has 4 aliphatic carbocycles. The molecule has 11 nitrogen and oxygen atoms in total. The molecule has 0 aliphatic heterocycles. The molecule has 0 radical (unpaired) electrons. The summed E-state index contributed by atoms with van der Waals surface area (Å²) in [5.74, 6) is -3.47. The molecule has 0 heterocycles. The maximum atomic E-state index is 13.2. The number of alkyl carbamates (subject to hydrolysis) is 1. The Morgan fingerprint density at radius 2 is 1.69 bits per heavy atom. The molecule has 4 fully saturated rings. The minimum absolute atomic E-state index is 0.0454. The van der Waals surface area contributed by atoms with Crippen LogP contribution in [-0.4, -0.2) is 73.9 Å². The van der Waals surface area contributed by atoms with Gasteiger partial charge in [0.2, 0.25) is 6.10 Å². The van der Waals surface area contributed by atoms with Crippen molar-refractivity contribution in [2.75, 3.05) is 18.1 Å². The Labute approximate surface area is 222 Å². The molecule has 218 valence electrons. The summed E-state index contributed by atoms with van der Waals surface area (Å²) in [6.07, 6.45) is -5.45. The summed E-state index contributed by atoms with van der Waals surface area (Å²) >= 11 is 0. The van der Waals surface area contributed by atoms with Crippen molar-refractivity contribution in [3.63, 3.8) is 0 Å².